The molecule has 2 aliphatic heterocycles. The predicted octanol–water partition coefficient (Wildman–Crippen LogP) is 1.83. The maximum absolute atomic E-state index is 13.0. The molecule has 0 aliphatic carbocycles. The van der Waals surface area contributed by atoms with Crippen molar-refractivity contribution in [3.63, 3.8) is 0 Å². The molecule has 0 saturated heterocycles. The van der Waals surface area contributed by atoms with Gasteiger partial charge in [-0.25, -0.2) is 4.79 Å². The van der Waals surface area contributed by atoms with Crippen molar-refractivity contribution in [1.82, 2.24) is 15.4 Å². The van der Waals surface area contributed by atoms with Crippen LogP contribution in [0.2, 0.25) is 0 Å². The van der Waals surface area contributed by atoms with Crippen molar-refractivity contribution in [3.05, 3.63) is 29.8 Å². The Morgan fingerprint density at radius 1 is 1.16 bits per heavy atom. The van der Waals surface area contributed by atoms with Crippen LogP contribution in [0.5, 0.6) is 5.75 Å². The third-order valence-corrected chi connectivity index (χ3v) is 5.66. The molecule has 0 saturated carbocycles. The summed E-state index contributed by atoms with van der Waals surface area (Å²) in [6.45, 7) is 4.22. The second-order valence-electron chi connectivity index (χ2n) is 7.88. The lowest BCUT2D eigenvalue weighted by atomic mass is 10.0. The fraction of sp³-hybridized carbons (Fsp3) is 0.591. The average molecular weight is 452 g/mol. The van der Waals surface area contributed by atoms with Crippen molar-refractivity contribution >= 4 is 29.7 Å². The second-order valence-corrected chi connectivity index (χ2v) is 8.53. The Labute approximate surface area is 188 Å². The molecule has 2 bridgehead atoms. The van der Waals surface area contributed by atoms with Gasteiger partial charge in [-0.05, 0) is 55.6 Å². The number of esters is 1. The van der Waals surface area contributed by atoms with Gasteiger partial charge in [-0.15, -0.1) is 0 Å². The molecule has 0 fully saturated rings. The first kappa shape index (κ1) is 25.0. The van der Waals surface area contributed by atoms with Crippen LogP contribution >= 0.6 is 11.9 Å². The lowest BCUT2D eigenvalue weighted by Crippen LogP contribution is -2.56. The van der Waals surface area contributed by atoms with Gasteiger partial charge >= 0.3 is 5.97 Å². The third kappa shape index (κ3) is 7.74. The summed E-state index contributed by atoms with van der Waals surface area (Å²) in [5.41, 5.74) is 0.981. The first-order valence-electron chi connectivity index (χ1n) is 10.5. The molecular weight excluding hydrogens is 418 g/mol. The monoisotopic (exact) mass is 451 g/mol. The van der Waals surface area contributed by atoms with Crippen LogP contribution in [-0.2, 0) is 25.5 Å². The van der Waals surface area contributed by atoms with E-state index in [2.05, 4.69) is 15.4 Å². The van der Waals surface area contributed by atoms with Gasteiger partial charge in [0, 0.05) is 0 Å². The summed E-state index contributed by atoms with van der Waals surface area (Å²) < 4.78 is 13.7. The van der Waals surface area contributed by atoms with Crippen LogP contribution in [0.15, 0.2) is 24.3 Å². The van der Waals surface area contributed by atoms with E-state index in [-0.39, 0.29) is 11.8 Å². The highest BCUT2D eigenvalue weighted by molar-refractivity contribution is 7.96. The van der Waals surface area contributed by atoms with Gasteiger partial charge in [0.05, 0.1) is 19.8 Å². The van der Waals surface area contributed by atoms with Crippen LogP contribution in [0.1, 0.15) is 38.7 Å². The number of methoxy groups -OCH3 is 1. The standard InChI is InChI=1S/C22H33N3O5S/c1-14(2)19-21(27)23-17(22(28)29-3)7-5-6-12-30-16-10-8-15(9-11-16)13-18(25-31-4)20(26)24-19/h8-11,14,17-19,25H,5-7,12-13H2,1-4H3,(H,23,27)(H,24,26)/t17-,18-,19-/m0/s1. The van der Waals surface area contributed by atoms with Gasteiger partial charge in [-0.3, -0.25) is 14.3 Å². The first-order valence-corrected chi connectivity index (χ1v) is 11.8. The predicted molar refractivity (Wildman–Crippen MR) is 121 cm³/mol. The van der Waals surface area contributed by atoms with Gasteiger partial charge in [-0.2, -0.15) is 0 Å². The molecule has 2 amide bonds. The highest BCUT2D eigenvalue weighted by atomic mass is 32.2. The third-order valence-electron chi connectivity index (χ3n) is 5.14. The summed E-state index contributed by atoms with van der Waals surface area (Å²) >= 11 is 1.34. The molecule has 0 unspecified atom stereocenters. The normalized spacial score (nSPS) is 23.5. The fourth-order valence-corrected chi connectivity index (χ4v) is 3.84. The lowest BCUT2D eigenvalue weighted by molar-refractivity contribution is -0.145. The van der Waals surface area contributed by atoms with Gasteiger partial charge < -0.3 is 20.1 Å². The minimum Gasteiger partial charge on any atom is -0.494 e. The summed E-state index contributed by atoms with van der Waals surface area (Å²) in [4.78, 5) is 38.2. The zero-order chi connectivity index (χ0) is 22.8. The highest BCUT2D eigenvalue weighted by Gasteiger charge is 2.31. The van der Waals surface area contributed by atoms with Crippen molar-refractivity contribution in [2.45, 2.75) is 57.7 Å². The van der Waals surface area contributed by atoms with E-state index in [1.165, 1.54) is 19.1 Å². The summed E-state index contributed by atoms with van der Waals surface area (Å²) in [7, 11) is 1.30. The van der Waals surface area contributed by atoms with Crippen LogP contribution in [-0.4, -0.2) is 55.9 Å². The van der Waals surface area contributed by atoms with E-state index in [0.29, 0.717) is 25.9 Å². The summed E-state index contributed by atoms with van der Waals surface area (Å²) in [5.74, 6) is -0.580. The Morgan fingerprint density at radius 2 is 1.87 bits per heavy atom. The fourth-order valence-electron chi connectivity index (χ4n) is 3.37. The Hall–Kier alpha value is -2.26. The smallest absolute Gasteiger partial charge is 0.328 e. The number of hydrogen-bond donors (Lipinski definition) is 3. The van der Waals surface area contributed by atoms with Gasteiger partial charge in [0.2, 0.25) is 11.8 Å². The van der Waals surface area contributed by atoms with Crippen molar-refractivity contribution in [2.75, 3.05) is 20.0 Å². The number of rotatable bonds is 4. The van der Waals surface area contributed by atoms with Gasteiger partial charge in [0.15, 0.2) is 0 Å². The van der Waals surface area contributed by atoms with Crippen LogP contribution in [0.25, 0.3) is 0 Å². The molecule has 0 spiro atoms. The summed E-state index contributed by atoms with van der Waals surface area (Å²) in [5, 5.41) is 5.62. The van der Waals surface area contributed by atoms with Crippen LogP contribution < -0.4 is 20.1 Å². The molecular formula is C22H33N3O5S. The van der Waals surface area contributed by atoms with Gasteiger partial charge in [0.1, 0.15) is 17.8 Å². The minimum absolute atomic E-state index is 0.160. The van der Waals surface area contributed by atoms with E-state index in [1.54, 1.807) is 0 Å². The second kappa shape index (κ2) is 12.6. The van der Waals surface area contributed by atoms with E-state index in [0.717, 1.165) is 17.7 Å². The van der Waals surface area contributed by atoms with Crippen LogP contribution in [0.4, 0.5) is 0 Å². The van der Waals surface area contributed by atoms with E-state index in [4.69, 9.17) is 9.47 Å². The van der Waals surface area contributed by atoms with E-state index in [1.807, 2.05) is 44.4 Å². The largest absolute Gasteiger partial charge is 0.494 e. The molecule has 0 radical (unpaired) electrons. The van der Waals surface area contributed by atoms with Gasteiger partial charge in [0.25, 0.3) is 0 Å². The molecule has 3 rings (SSSR count). The molecule has 2 aliphatic rings. The molecule has 2 heterocycles. The summed E-state index contributed by atoms with van der Waals surface area (Å²) in [6, 6.07) is 5.59. The SMILES string of the molecule is COC(=O)[C@@H]1CCCCOc2ccc(cc2)C[C@H](NSC)C(=O)N[C@@H](C(C)C)C(=O)N1. The maximum atomic E-state index is 13.0. The molecule has 3 N–H and O–H groups in total. The molecule has 8 nitrogen and oxygen atoms in total. The first-order chi connectivity index (χ1) is 14.8. The zero-order valence-corrected chi connectivity index (χ0v) is 19.4. The van der Waals surface area contributed by atoms with Crippen molar-refractivity contribution in [2.24, 2.45) is 5.92 Å². The molecule has 3 atom stereocenters. The van der Waals surface area contributed by atoms with E-state index in [9.17, 15) is 14.4 Å². The molecule has 31 heavy (non-hydrogen) atoms. The van der Waals surface area contributed by atoms with Crippen LogP contribution in [0, 0.1) is 5.92 Å². The Balaban J connectivity index is 2.28. The minimum atomic E-state index is -0.773. The number of carbonyl (C=O) groups excluding carboxylic acids is 3. The van der Waals surface area contributed by atoms with Crippen molar-refractivity contribution in [3.8, 4) is 5.75 Å². The Bertz CT molecular complexity index is 741. The van der Waals surface area contributed by atoms with E-state index >= 15 is 0 Å². The number of fused-ring (bicyclic) bond motifs is 14. The molecule has 0 aromatic heterocycles. The quantitative estimate of drug-likeness (QED) is 0.474. The van der Waals surface area contributed by atoms with Crippen LogP contribution in [0.3, 0.4) is 0 Å². The Morgan fingerprint density at radius 3 is 2.48 bits per heavy atom. The number of amides is 2. The molecule has 9 heteroatoms. The highest BCUT2D eigenvalue weighted by Crippen LogP contribution is 2.16. The molecule has 172 valence electrons. The van der Waals surface area contributed by atoms with E-state index < -0.39 is 30.0 Å². The topological polar surface area (TPSA) is 106 Å². The molecule has 1 aromatic carbocycles. The number of hydrogen-bond acceptors (Lipinski definition) is 7. The number of nitrogens with one attached hydrogen (secondary N) is 3. The number of carbonyl (C=O) groups is 3. The maximum Gasteiger partial charge on any atom is 0.328 e. The van der Waals surface area contributed by atoms with Crippen molar-refractivity contribution in [1.29, 1.82) is 0 Å². The summed E-state index contributed by atoms with van der Waals surface area (Å²) in [6.07, 6.45) is 4.15. The lowest BCUT2D eigenvalue weighted by Gasteiger charge is -2.26. The molecule has 1 aromatic rings. The Kier molecular flexibility index (Phi) is 10.1. The van der Waals surface area contributed by atoms with Crippen molar-refractivity contribution < 1.29 is 23.9 Å². The number of benzene rings is 1. The average Bonchev–Trinajstić information content (AvgIpc) is 2.75. The zero-order valence-electron chi connectivity index (χ0n) is 18.6. The van der Waals surface area contributed by atoms with Gasteiger partial charge in [-0.1, -0.05) is 37.9 Å². The number of ether oxygens (including phenoxy) is 2.